The Kier molecular flexibility index (Phi) is 7.65. The van der Waals surface area contributed by atoms with Gasteiger partial charge in [-0.2, -0.15) is 4.98 Å². The molecule has 1 heterocycles. The number of halogens is 3. The van der Waals surface area contributed by atoms with Crippen molar-refractivity contribution in [3.05, 3.63) is 41.6 Å². The van der Waals surface area contributed by atoms with Gasteiger partial charge in [-0.15, -0.1) is 13.2 Å². The molecule has 1 saturated carbocycles. The van der Waals surface area contributed by atoms with Crippen LogP contribution in [0.1, 0.15) is 49.8 Å². The van der Waals surface area contributed by atoms with Gasteiger partial charge in [-0.25, -0.2) is 4.98 Å². The first-order chi connectivity index (χ1) is 15.5. The van der Waals surface area contributed by atoms with Crippen LogP contribution in [0.15, 0.2) is 30.5 Å². The molecule has 1 amide bonds. The van der Waals surface area contributed by atoms with Gasteiger partial charge in [0.15, 0.2) is 0 Å². The molecular weight excluding hydrogens is 435 g/mol. The second-order valence-electron chi connectivity index (χ2n) is 8.63. The fourth-order valence-electron chi connectivity index (χ4n) is 4.01. The fourth-order valence-corrected chi connectivity index (χ4v) is 4.01. The zero-order valence-corrected chi connectivity index (χ0v) is 19.2. The smallest absolute Gasteiger partial charge is 0.406 e. The second-order valence-corrected chi connectivity index (χ2v) is 8.63. The molecule has 1 aliphatic carbocycles. The molecular formula is C23H30F3N5O2. The lowest BCUT2D eigenvalue weighted by atomic mass is 9.85. The Labute approximate surface area is 191 Å². The molecule has 2 aromatic rings. The lowest BCUT2D eigenvalue weighted by Gasteiger charge is -2.29. The van der Waals surface area contributed by atoms with Crippen LogP contribution in [0.5, 0.6) is 5.75 Å². The van der Waals surface area contributed by atoms with E-state index in [1.54, 1.807) is 6.20 Å². The molecule has 0 spiro atoms. The van der Waals surface area contributed by atoms with E-state index in [9.17, 15) is 18.0 Å². The van der Waals surface area contributed by atoms with E-state index >= 15 is 0 Å². The van der Waals surface area contributed by atoms with Crippen molar-refractivity contribution >= 4 is 17.7 Å². The zero-order chi connectivity index (χ0) is 24.2. The Balaban J connectivity index is 1.48. The van der Waals surface area contributed by atoms with Crippen molar-refractivity contribution in [1.82, 2.24) is 15.3 Å². The van der Waals surface area contributed by atoms with Crippen molar-refractivity contribution in [3.8, 4) is 5.75 Å². The molecule has 3 rings (SSSR count). The second kappa shape index (κ2) is 10.3. The summed E-state index contributed by atoms with van der Waals surface area (Å²) in [5.41, 5.74) is 1.71. The minimum absolute atomic E-state index is 0.0435. The summed E-state index contributed by atoms with van der Waals surface area (Å²) in [4.78, 5) is 23.6. The molecule has 0 aliphatic heterocycles. The first kappa shape index (κ1) is 24.6. The maximum absolute atomic E-state index is 12.7. The number of amides is 1. The minimum Gasteiger partial charge on any atom is -0.406 e. The number of alkyl halides is 3. The maximum Gasteiger partial charge on any atom is 0.573 e. The predicted molar refractivity (Wildman–Crippen MR) is 120 cm³/mol. The van der Waals surface area contributed by atoms with Crippen LogP contribution in [0.3, 0.4) is 0 Å². The fraction of sp³-hybridized carbons (Fsp3) is 0.522. The number of carbonyl (C=O) groups excluding carboxylic acids is 1. The Hall–Kier alpha value is -3.04. The van der Waals surface area contributed by atoms with Gasteiger partial charge in [-0.1, -0.05) is 12.1 Å². The average Bonchev–Trinajstić information content (AvgIpc) is 2.74. The van der Waals surface area contributed by atoms with Gasteiger partial charge >= 0.3 is 6.36 Å². The summed E-state index contributed by atoms with van der Waals surface area (Å²) in [5, 5.41) is 6.35. The molecule has 7 nitrogen and oxygen atoms in total. The van der Waals surface area contributed by atoms with E-state index < -0.39 is 6.36 Å². The van der Waals surface area contributed by atoms with Crippen molar-refractivity contribution in [3.63, 3.8) is 0 Å². The summed E-state index contributed by atoms with van der Waals surface area (Å²) in [6.45, 7) is 3.77. The van der Waals surface area contributed by atoms with Crippen molar-refractivity contribution in [2.24, 2.45) is 5.92 Å². The van der Waals surface area contributed by atoms with Crippen molar-refractivity contribution in [2.45, 2.75) is 58.0 Å². The van der Waals surface area contributed by atoms with Crippen LogP contribution < -0.4 is 20.3 Å². The molecule has 2 N–H and O–H groups in total. The number of hydrogen-bond donors (Lipinski definition) is 2. The highest BCUT2D eigenvalue weighted by Crippen LogP contribution is 2.28. The Morgan fingerprint density at radius 3 is 2.36 bits per heavy atom. The number of aromatic nitrogens is 2. The van der Waals surface area contributed by atoms with Gasteiger partial charge in [0.25, 0.3) is 0 Å². The number of nitrogens with one attached hydrogen (secondary N) is 2. The first-order valence-corrected chi connectivity index (χ1v) is 11.0. The normalized spacial score (nSPS) is 19.5. The summed E-state index contributed by atoms with van der Waals surface area (Å²) in [5.74, 6) is 1.02. The van der Waals surface area contributed by atoms with Gasteiger partial charge in [-0.3, -0.25) is 4.79 Å². The maximum atomic E-state index is 12.7. The lowest BCUT2D eigenvalue weighted by molar-refractivity contribution is -0.274. The Bertz CT molecular complexity index is 942. The molecule has 33 heavy (non-hydrogen) atoms. The number of benzene rings is 1. The summed E-state index contributed by atoms with van der Waals surface area (Å²) in [6, 6.07) is 5.42. The molecule has 1 aliphatic rings. The van der Waals surface area contributed by atoms with E-state index in [2.05, 4.69) is 25.3 Å². The molecule has 1 aromatic heterocycles. The third kappa shape index (κ3) is 6.97. The van der Waals surface area contributed by atoms with Gasteiger partial charge in [0.05, 0.1) is 6.04 Å². The third-order valence-electron chi connectivity index (χ3n) is 5.77. The molecule has 180 valence electrons. The van der Waals surface area contributed by atoms with Gasteiger partial charge in [-0.05, 0) is 57.2 Å². The van der Waals surface area contributed by atoms with E-state index in [4.69, 9.17) is 0 Å². The Morgan fingerprint density at radius 2 is 1.79 bits per heavy atom. The van der Waals surface area contributed by atoms with E-state index in [1.807, 2.05) is 32.8 Å². The lowest BCUT2D eigenvalue weighted by Crippen LogP contribution is -2.37. The number of carbonyl (C=O) groups is 1. The number of aryl methyl sites for hydroxylation is 1. The van der Waals surface area contributed by atoms with Gasteiger partial charge in [0, 0.05) is 37.8 Å². The van der Waals surface area contributed by atoms with Crippen molar-refractivity contribution in [1.29, 1.82) is 0 Å². The number of rotatable bonds is 7. The van der Waals surface area contributed by atoms with E-state index in [0.717, 1.165) is 37.1 Å². The molecule has 0 saturated heterocycles. The van der Waals surface area contributed by atoms with E-state index in [-0.39, 0.29) is 29.7 Å². The van der Waals surface area contributed by atoms with Crippen LogP contribution in [0.2, 0.25) is 0 Å². The van der Waals surface area contributed by atoms with Gasteiger partial charge < -0.3 is 20.3 Å². The quantitative estimate of drug-likeness (QED) is 0.622. The van der Waals surface area contributed by atoms with Crippen molar-refractivity contribution in [2.75, 3.05) is 24.3 Å². The van der Waals surface area contributed by atoms with Crippen LogP contribution in [0.25, 0.3) is 0 Å². The molecule has 0 bridgehead atoms. The minimum atomic E-state index is -4.73. The highest BCUT2D eigenvalue weighted by molar-refractivity contribution is 5.79. The van der Waals surface area contributed by atoms with Gasteiger partial charge in [0.1, 0.15) is 11.6 Å². The average molecular weight is 466 g/mol. The molecule has 1 atom stereocenters. The molecule has 0 radical (unpaired) electrons. The highest BCUT2D eigenvalue weighted by atomic mass is 19.4. The largest absolute Gasteiger partial charge is 0.573 e. The summed E-state index contributed by atoms with van der Waals surface area (Å²) < 4.78 is 40.8. The summed E-state index contributed by atoms with van der Waals surface area (Å²) >= 11 is 0. The highest BCUT2D eigenvalue weighted by Gasteiger charge is 2.31. The van der Waals surface area contributed by atoms with Crippen LogP contribution in [-0.2, 0) is 4.79 Å². The SMILES string of the molecule is Cc1cnc(N[C@H]2CC[C@@H](C(=O)N[C@H](C)c3ccc(OC(F)(F)F)cc3)CC2)nc1N(C)C. The zero-order valence-electron chi connectivity index (χ0n) is 19.2. The topological polar surface area (TPSA) is 79.4 Å². The third-order valence-corrected chi connectivity index (χ3v) is 5.77. The number of hydrogen-bond acceptors (Lipinski definition) is 6. The number of anilines is 2. The van der Waals surface area contributed by atoms with Crippen LogP contribution in [0.4, 0.5) is 24.9 Å². The molecule has 0 unspecified atom stereocenters. The van der Waals surface area contributed by atoms with Crippen LogP contribution in [0, 0.1) is 12.8 Å². The van der Waals surface area contributed by atoms with E-state index in [0.29, 0.717) is 11.5 Å². The van der Waals surface area contributed by atoms with Crippen molar-refractivity contribution < 1.29 is 22.7 Å². The summed E-state index contributed by atoms with van der Waals surface area (Å²) in [6.07, 6.45) is 0.194. The summed E-state index contributed by atoms with van der Waals surface area (Å²) in [7, 11) is 3.88. The monoisotopic (exact) mass is 465 g/mol. The van der Waals surface area contributed by atoms with Gasteiger partial charge in [0.2, 0.25) is 11.9 Å². The number of ether oxygens (including phenoxy) is 1. The first-order valence-electron chi connectivity index (χ1n) is 11.0. The Morgan fingerprint density at radius 1 is 1.15 bits per heavy atom. The predicted octanol–water partition coefficient (Wildman–Crippen LogP) is 4.60. The van der Waals surface area contributed by atoms with Crippen LogP contribution >= 0.6 is 0 Å². The number of nitrogens with zero attached hydrogens (tertiary/aromatic N) is 3. The van der Waals surface area contributed by atoms with Crippen LogP contribution in [-0.4, -0.2) is 42.4 Å². The molecule has 1 fully saturated rings. The standard InChI is InChI=1S/C23H30F3N5O2/c1-14-13-27-22(30-20(14)31(3)4)29-18-9-5-17(6-10-18)21(32)28-15(2)16-7-11-19(12-8-16)33-23(24,25)26/h7-8,11-13,15,17-18H,5-6,9-10H2,1-4H3,(H,28,32)(H,27,29,30)/t15-,17-,18+/m1/s1. The molecule has 10 heteroatoms. The molecule has 1 aromatic carbocycles. The van der Waals surface area contributed by atoms with E-state index in [1.165, 1.54) is 24.3 Å².